The molecule has 136 valence electrons. The summed E-state index contributed by atoms with van der Waals surface area (Å²) in [4.78, 5) is 4.43. The highest BCUT2D eigenvalue weighted by molar-refractivity contribution is 7.13. The molecule has 27 heavy (non-hydrogen) atoms. The molecule has 0 aliphatic carbocycles. The van der Waals surface area contributed by atoms with E-state index >= 15 is 0 Å². The number of benzene rings is 2. The average molecular weight is 378 g/mol. The fraction of sp³-hybridized carbons (Fsp3) is 0.200. The first kappa shape index (κ1) is 16.1. The first-order chi connectivity index (χ1) is 13.2. The maximum Gasteiger partial charge on any atom is 0.231 e. The van der Waals surface area contributed by atoms with Crippen molar-refractivity contribution in [2.45, 2.75) is 13.3 Å². The number of fused-ring (bicyclic) bond motifs is 2. The van der Waals surface area contributed by atoms with Crippen molar-refractivity contribution in [3.05, 3.63) is 64.2 Å². The van der Waals surface area contributed by atoms with Gasteiger partial charge >= 0.3 is 0 Å². The van der Waals surface area contributed by atoms with Crippen LogP contribution in [-0.2, 0) is 6.42 Å². The molecule has 5 rings (SSSR count). The molecular formula is C20H18N4O2S. The molecule has 2 N–H and O–H groups in total. The van der Waals surface area contributed by atoms with Gasteiger partial charge in [-0.3, -0.25) is 0 Å². The van der Waals surface area contributed by atoms with Crippen LogP contribution in [0.4, 0.5) is 10.8 Å². The minimum Gasteiger partial charge on any atom is -0.454 e. The van der Waals surface area contributed by atoms with Gasteiger partial charge in [0.1, 0.15) is 0 Å². The van der Waals surface area contributed by atoms with Gasteiger partial charge in [-0.05, 0) is 48.7 Å². The molecule has 3 heterocycles. The molecule has 0 fully saturated rings. The molecule has 0 saturated carbocycles. The molecule has 1 aromatic heterocycles. The summed E-state index contributed by atoms with van der Waals surface area (Å²) >= 11 is 1.58. The molecule has 2 aliphatic heterocycles. The third-order valence-corrected chi connectivity index (χ3v) is 5.64. The first-order valence-corrected chi connectivity index (χ1v) is 9.62. The van der Waals surface area contributed by atoms with Crippen LogP contribution in [0.2, 0.25) is 0 Å². The molecule has 0 unspecified atom stereocenters. The van der Waals surface area contributed by atoms with E-state index in [0.29, 0.717) is 0 Å². The highest BCUT2D eigenvalue weighted by atomic mass is 32.1. The normalized spacial score (nSPS) is 15.3. The molecule has 0 atom stereocenters. The predicted octanol–water partition coefficient (Wildman–Crippen LogP) is 3.58. The number of hydrogen-bond acceptors (Lipinski definition) is 7. The number of ether oxygens (including phenoxy) is 2. The van der Waals surface area contributed by atoms with Gasteiger partial charge in [0.2, 0.25) is 11.9 Å². The molecule has 2 aromatic carbocycles. The lowest BCUT2D eigenvalue weighted by Gasteiger charge is -2.15. The smallest absolute Gasteiger partial charge is 0.231 e. The van der Waals surface area contributed by atoms with Crippen molar-refractivity contribution in [1.29, 1.82) is 0 Å². The SMILES string of the molecule is Cc1cc(C2=NN(c3nccs3)CCc3cc4c(cc32)OCO4)ccc1N. The molecule has 0 spiro atoms. The molecule has 0 bridgehead atoms. The van der Waals surface area contributed by atoms with Gasteiger partial charge in [-0.1, -0.05) is 6.07 Å². The number of nitrogens with zero attached hydrogens (tertiary/aromatic N) is 3. The zero-order chi connectivity index (χ0) is 18.4. The van der Waals surface area contributed by atoms with Crippen LogP contribution >= 0.6 is 11.3 Å². The molecule has 3 aromatic rings. The first-order valence-electron chi connectivity index (χ1n) is 8.74. The summed E-state index contributed by atoms with van der Waals surface area (Å²) in [6.07, 6.45) is 2.64. The number of anilines is 2. The Morgan fingerprint density at radius 1 is 1.15 bits per heavy atom. The van der Waals surface area contributed by atoms with E-state index in [0.717, 1.165) is 57.7 Å². The number of hydrogen-bond donors (Lipinski definition) is 1. The second-order valence-electron chi connectivity index (χ2n) is 6.57. The Kier molecular flexibility index (Phi) is 3.75. The molecule has 0 saturated heterocycles. The summed E-state index contributed by atoms with van der Waals surface area (Å²) in [6.45, 7) is 3.02. The summed E-state index contributed by atoms with van der Waals surface area (Å²) < 4.78 is 11.2. The van der Waals surface area contributed by atoms with E-state index in [9.17, 15) is 0 Å². The van der Waals surface area contributed by atoms with Gasteiger partial charge in [0, 0.05) is 34.9 Å². The topological polar surface area (TPSA) is 73.0 Å². The van der Waals surface area contributed by atoms with Crippen molar-refractivity contribution in [3.63, 3.8) is 0 Å². The van der Waals surface area contributed by atoms with Gasteiger partial charge in [-0.25, -0.2) is 9.99 Å². The van der Waals surface area contributed by atoms with E-state index in [1.807, 2.05) is 35.5 Å². The van der Waals surface area contributed by atoms with E-state index in [4.69, 9.17) is 20.3 Å². The Labute approximate surface area is 160 Å². The van der Waals surface area contributed by atoms with Crippen LogP contribution in [-0.4, -0.2) is 24.0 Å². The Hall–Kier alpha value is -3.06. The van der Waals surface area contributed by atoms with Crippen LogP contribution in [0.5, 0.6) is 11.5 Å². The van der Waals surface area contributed by atoms with Crippen molar-refractivity contribution >= 4 is 27.9 Å². The predicted molar refractivity (Wildman–Crippen MR) is 107 cm³/mol. The second kappa shape index (κ2) is 6.28. The minimum absolute atomic E-state index is 0.261. The molecule has 2 aliphatic rings. The van der Waals surface area contributed by atoms with Gasteiger partial charge in [0.25, 0.3) is 0 Å². The lowest BCUT2D eigenvalue weighted by Crippen LogP contribution is -2.19. The zero-order valence-electron chi connectivity index (χ0n) is 14.8. The van der Waals surface area contributed by atoms with E-state index in [1.54, 1.807) is 17.5 Å². The van der Waals surface area contributed by atoms with Crippen molar-refractivity contribution in [3.8, 4) is 11.5 Å². The number of nitrogen functional groups attached to an aromatic ring is 1. The highest BCUT2D eigenvalue weighted by Crippen LogP contribution is 2.37. The molecule has 7 heteroatoms. The third kappa shape index (κ3) is 2.80. The van der Waals surface area contributed by atoms with Gasteiger partial charge < -0.3 is 15.2 Å². The molecule has 0 radical (unpaired) electrons. The molecule has 6 nitrogen and oxygen atoms in total. The molecular weight excluding hydrogens is 360 g/mol. The Balaban J connectivity index is 1.70. The maximum atomic E-state index is 6.03. The minimum atomic E-state index is 0.261. The second-order valence-corrected chi connectivity index (χ2v) is 7.44. The maximum absolute atomic E-state index is 6.03. The van der Waals surface area contributed by atoms with Crippen LogP contribution in [0.15, 0.2) is 47.0 Å². The van der Waals surface area contributed by atoms with E-state index in [1.165, 1.54) is 5.56 Å². The number of hydrazone groups is 1. The van der Waals surface area contributed by atoms with Crippen LogP contribution in [0, 0.1) is 6.92 Å². The van der Waals surface area contributed by atoms with Crippen LogP contribution < -0.4 is 20.2 Å². The van der Waals surface area contributed by atoms with Crippen molar-refractivity contribution in [2.24, 2.45) is 5.10 Å². The largest absolute Gasteiger partial charge is 0.454 e. The van der Waals surface area contributed by atoms with Gasteiger partial charge in [-0.15, -0.1) is 11.3 Å². The monoisotopic (exact) mass is 378 g/mol. The van der Waals surface area contributed by atoms with Gasteiger partial charge in [-0.2, -0.15) is 5.10 Å². The summed E-state index contributed by atoms with van der Waals surface area (Å²) in [5.74, 6) is 1.56. The van der Waals surface area contributed by atoms with Crippen LogP contribution in [0.25, 0.3) is 0 Å². The fourth-order valence-electron chi connectivity index (χ4n) is 3.38. The number of nitrogens with two attached hydrogens (primary N) is 1. The lowest BCUT2D eigenvalue weighted by molar-refractivity contribution is 0.174. The fourth-order valence-corrected chi connectivity index (χ4v) is 4.00. The molecule has 0 amide bonds. The quantitative estimate of drug-likeness (QED) is 0.690. The number of aryl methyl sites for hydroxylation is 1. The van der Waals surface area contributed by atoms with Gasteiger partial charge in [0.15, 0.2) is 11.5 Å². The summed E-state index contributed by atoms with van der Waals surface area (Å²) in [7, 11) is 0. The summed E-state index contributed by atoms with van der Waals surface area (Å²) in [5, 5.41) is 9.80. The summed E-state index contributed by atoms with van der Waals surface area (Å²) in [6, 6.07) is 10.1. The van der Waals surface area contributed by atoms with E-state index in [-0.39, 0.29) is 6.79 Å². The Morgan fingerprint density at radius 3 is 2.78 bits per heavy atom. The summed E-state index contributed by atoms with van der Waals surface area (Å²) in [5.41, 5.74) is 12.0. The zero-order valence-corrected chi connectivity index (χ0v) is 15.6. The van der Waals surface area contributed by atoms with Gasteiger partial charge in [0.05, 0.1) is 5.71 Å². The van der Waals surface area contributed by atoms with Crippen molar-refractivity contribution in [1.82, 2.24) is 4.98 Å². The van der Waals surface area contributed by atoms with Crippen molar-refractivity contribution in [2.75, 3.05) is 24.1 Å². The number of rotatable bonds is 2. The van der Waals surface area contributed by atoms with E-state index < -0.39 is 0 Å². The number of aromatic nitrogens is 1. The average Bonchev–Trinajstić information content (AvgIpc) is 3.32. The third-order valence-electron chi connectivity index (χ3n) is 4.85. The lowest BCUT2D eigenvalue weighted by atomic mass is 9.94. The van der Waals surface area contributed by atoms with Crippen molar-refractivity contribution < 1.29 is 9.47 Å². The Bertz CT molecular complexity index is 1050. The standard InChI is InChI=1S/C20H18N4O2S/c1-12-8-14(2-3-16(12)21)19-15-10-18-17(25-11-26-18)9-13(15)4-6-24(23-19)20-22-5-7-27-20/h2-3,5,7-10H,4,6,11,21H2,1H3. The van der Waals surface area contributed by atoms with E-state index in [2.05, 4.69) is 17.1 Å². The van der Waals surface area contributed by atoms with Crippen LogP contribution in [0.1, 0.15) is 22.3 Å². The van der Waals surface area contributed by atoms with Crippen LogP contribution in [0.3, 0.4) is 0 Å². The number of thiazole rings is 1. The highest BCUT2D eigenvalue weighted by Gasteiger charge is 2.25. The Morgan fingerprint density at radius 2 is 2.00 bits per heavy atom.